The van der Waals surface area contributed by atoms with Gasteiger partial charge in [0.25, 0.3) is 0 Å². The number of thioether (sulfide) groups is 1. The third-order valence-corrected chi connectivity index (χ3v) is 17.7. The van der Waals surface area contributed by atoms with E-state index in [1.54, 1.807) is 0 Å². The minimum Gasteiger partial charge on any atom is -0.508 e. The van der Waals surface area contributed by atoms with Crippen LogP contribution in [0.15, 0.2) is 71.7 Å². The number of aliphatic carboxylic acids is 2. The number of rotatable bonds is 44. The number of ether oxygens (including phenoxy) is 1. The standard InChI is InChI=1S/C67H97N15O21S/c1-37(11-7-13-39(3)33-83)10-6-12-38(2)22-25-104-35-50(67(102)103-5)80-60(95)45(26-41-16-18-43(85)19-17-41)75-54(87)31-71-59(94)47(28-53(69)86)76-55(88)32-72-63(98)51-14-8-23-81(51)65(100)40(4)74-62(97)49(34-84)79-64(99)52-15-9-24-82(52)66(101)48(29-57(91)92)78-61(96)46(27-42-30-70-36-73-42)77-58(93)44(68)20-21-56(89)90/h10,13,16-19,22,30,36,40,44-52,83-85H,6-9,11-12,14-15,20-21,23-29,31-35,68H2,1-5H3,(H2,69,86)(H,70,73)(H,71,94)(H,72,98)(H,74,97)(H,75,87)(H,76,88)(H,77,93)(H,78,96)(H,79,99)(H,80,95)(H,89,90)(H,91,92)/b37-10+,38-22+,39-13+/t40-,44-,45-,46-,47-,48-,49-,50-,51-,52-/m0/s1. The SMILES string of the molecule is COC(=O)[C@H](CSC/C=C(\C)CC/C=C(\C)CC/C=C(\C)CO)NC(=O)[C@H](Cc1ccc(O)cc1)NC(=O)CNC(=O)[C@H](CC(N)=O)NC(=O)CNC(=O)[C@@H]1CCCN1C(=O)[C@H](C)NC(=O)[C@H](CO)NC(=O)[C@@H]1CCCN1C(=O)[C@H](CC(=O)O)NC(=O)[C@H](Cc1cnc[nH]1)NC(=O)[C@@H](N)CCC(=O)O. The van der Waals surface area contributed by atoms with Gasteiger partial charge in [0.15, 0.2) is 0 Å². The second-order valence-electron chi connectivity index (χ2n) is 25.1. The average molecular weight is 1480 g/mol. The normalized spacial score (nSPS) is 16.9. The zero-order chi connectivity index (χ0) is 77.2. The van der Waals surface area contributed by atoms with Crippen LogP contribution in [0.1, 0.15) is 116 Å². The second-order valence-corrected chi connectivity index (χ2v) is 26.2. The van der Waals surface area contributed by atoms with E-state index in [0.717, 1.165) is 53.7 Å². The lowest BCUT2D eigenvalue weighted by Crippen LogP contribution is -2.60. The lowest BCUT2D eigenvalue weighted by atomic mass is 10.0. The van der Waals surface area contributed by atoms with Crippen LogP contribution in [-0.4, -0.2) is 253 Å². The lowest BCUT2D eigenvalue weighted by molar-refractivity contribution is -0.146. The highest BCUT2D eigenvalue weighted by Gasteiger charge is 2.42. The molecule has 37 heteroatoms. The Morgan fingerprint density at radius 1 is 0.635 bits per heavy atom. The number of primary amides is 1. The molecule has 0 unspecified atom stereocenters. The van der Waals surface area contributed by atoms with Gasteiger partial charge in [-0.1, -0.05) is 47.1 Å². The van der Waals surface area contributed by atoms with Crippen molar-refractivity contribution < 1.29 is 102 Å². The Labute approximate surface area is 604 Å². The number of hydrogen-bond acceptors (Lipinski definition) is 22. The molecule has 2 aliphatic heterocycles. The zero-order valence-corrected chi connectivity index (χ0v) is 59.5. The van der Waals surface area contributed by atoms with Gasteiger partial charge in [-0.3, -0.25) is 67.1 Å². The number of esters is 1. The summed E-state index contributed by atoms with van der Waals surface area (Å²) >= 11 is 1.35. The van der Waals surface area contributed by atoms with Crippen LogP contribution >= 0.6 is 11.8 Å². The second kappa shape index (κ2) is 44.3. The van der Waals surface area contributed by atoms with Crippen LogP contribution in [0, 0.1) is 0 Å². The minimum absolute atomic E-state index is 0.00470. The maximum absolute atomic E-state index is 14.1. The summed E-state index contributed by atoms with van der Waals surface area (Å²) in [5.74, 6) is -14.7. The maximum Gasteiger partial charge on any atom is 0.329 e. The van der Waals surface area contributed by atoms with Crippen LogP contribution in [-0.2, 0) is 89.5 Å². The van der Waals surface area contributed by atoms with E-state index in [4.69, 9.17) is 21.3 Å². The number of allylic oxidation sites excluding steroid dienone is 4. The number of nitrogens with zero attached hydrogens (tertiary/aromatic N) is 3. The largest absolute Gasteiger partial charge is 0.508 e. The van der Waals surface area contributed by atoms with E-state index < -0.39 is 188 Å². The molecular weight excluding hydrogens is 1380 g/mol. The molecule has 1 aromatic heterocycles. The molecule has 2 saturated heterocycles. The monoisotopic (exact) mass is 1480 g/mol. The molecule has 0 saturated carbocycles. The molecule has 1 aromatic carbocycles. The predicted octanol–water partition coefficient (Wildman–Crippen LogP) is -3.64. The van der Waals surface area contributed by atoms with Gasteiger partial charge in [0.05, 0.1) is 58.6 Å². The predicted molar refractivity (Wildman–Crippen MR) is 373 cm³/mol. The number of hydrogen-bond donors (Lipinski definition) is 17. The fourth-order valence-electron chi connectivity index (χ4n) is 10.9. The summed E-state index contributed by atoms with van der Waals surface area (Å²) in [6.45, 7) is 4.40. The number of H-pyrrole nitrogens is 1. The number of benzene rings is 1. The Hall–Kier alpha value is -10.3. The molecule has 4 rings (SSSR count). The third kappa shape index (κ3) is 30.0. The Kier molecular flexibility index (Phi) is 36.7. The number of carbonyl (C=O) groups is 15. The molecule has 2 fully saturated rings. The summed E-state index contributed by atoms with van der Waals surface area (Å²) in [5, 5.41) is 69.7. The highest BCUT2D eigenvalue weighted by Crippen LogP contribution is 2.22. The number of carboxylic acids is 2. The molecule has 572 valence electrons. The summed E-state index contributed by atoms with van der Waals surface area (Å²) in [6.07, 6.45) is 9.67. The summed E-state index contributed by atoms with van der Waals surface area (Å²) in [4.78, 5) is 207. The van der Waals surface area contributed by atoms with E-state index in [9.17, 15) is 92.3 Å². The minimum atomic E-state index is -1.83. The zero-order valence-electron chi connectivity index (χ0n) is 58.7. The number of nitrogens with one attached hydrogen (secondary N) is 10. The Morgan fingerprint density at radius 2 is 1.19 bits per heavy atom. The van der Waals surface area contributed by atoms with E-state index in [0.29, 0.717) is 17.0 Å². The molecule has 19 N–H and O–H groups in total. The number of amides is 12. The fraction of sp³-hybridized carbons (Fsp3) is 0.552. The number of aromatic amines is 1. The highest BCUT2D eigenvalue weighted by atomic mass is 32.2. The van der Waals surface area contributed by atoms with Crippen molar-refractivity contribution in [2.45, 2.75) is 178 Å². The number of phenols is 1. The average Bonchev–Trinajstić information content (AvgIpc) is 1.67. The number of carboxylic acid groups (broad SMARTS) is 2. The van der Waals surface area contributed by atoms with Crippen LogP contribution in [0.25, 0.3) is 0 Å². The molecule has 0 radical (unpaired) electrons. The Bertz CT molecular complexity index is 3440. The van der Waals surface area contributed by atoms with Crippen LogP contribution in [0.2, 0.25) is 0 Å². The van der Waals surface area contributed by atoms with E-state index in [1.165, 1.54) is 61.0 Å². The number of phenolic OH excluding ortho intramolecular Hbond substituents is 1. The molecule has 36 nitrogen and oxygen atoms in total. The molecule has 2 aliphatic rings. The number of imidazole rings is 1. The van der Waals surface area contributed by atoms with E-state index in [2.05, 4.69) is 70.8 Å². The summed E-state index contributed by atoms with van der Waals surface area (Å²) in [5.41, 5.74) is 15.3. The van der Waals surface area contributed by atoms with Crippen LogP contribution in [0.4, 0.5) is 0 Å². The first-order valence-corrected chi connectivity index (χ1v) is 34.8. The van der Waals surface area contributed by atoms with Crippen molar-refractivity contribution in [3.05, 3.63) is 83.0 Å². The van der Waals surface area contributed by atoms with Gasteiger partial charge in [0.2, 0.25) is 70.9 Å². The number of aliphatic hydroxyl groups excluding tert-OH is 2. The first-order valence-electron chi connectivity index (χ1n) is 33.7. The molecule has 0 bridgehead atoms. The maximum atomic E-state index is 14.1. The summed E-state index contributed by atoms with van der Waals surface area (Å²) < 4.78 is 4.97. The van der Waals surface area contributed by atoms with E-state index in [1.807, 2.05) is 26.0 Å². The van der Waals surface area contributed by atoms with E-state index >= 15 is 0 Å². The van der Waals surface area contributed by atoms with E-state index in [-0.39, 0.29) is 76.1 Å². The first kappa shape index (κ1) is 86.1. The molecule has 2 aromatic rings. The molecule has 0 aliphatic carbocycles. The quantitative estimate of drug-likeness (QED) is 0.0173. The smallest absolute Gasteiger partial charge is 0.329 e. The molecule has 12 amide bonds. The van der Waals surface area contributed by atoms with Gasteiger partial charge in [-0.15, -0.1) is 0 Å². The van der Waals surface area contributed by atoms with Gasteiger partial charge in [-0.2, -0.15) is 11.8 Å². The van der Waals surface area contributed by atoms with Gasteiger partial charge in [0.1, 0.15) is 60.1 Å². The Morgan fingerprint density at radius 3 is 1.77 bits per heavy atom. The van der Waals surface area contributed by atoms with Crippen molar-refractivity contribution in [1.82, 2.24) is 67.6 Å². The number of aliphatic hydroxyl groups is 2. The highest BCUT2D eigenvalue weighted by molar-refractivity contribution is 7.99. The van der Waals surface area contributed by atoms with Crippen molar-refractivity contribution in [3.8, 4) is 5.75 Å². The third-order valence-electron chi connectivity index (χ3n) is 16.7. The van der Waals surface area contributed by atoms with Crippen LogP contribution < -0.4 is 59.3 Å². The summed E-state index contributed by atoms with van der Waals surface area (Å²) in [7, 11) is 1.15. The molecule has 10 atom stereocenters. The molecule has 3 heterocycles. The summed E-state index contributed by atoms with van der Waals surface area (Å²) in [6, 6.07) is -8.97. The van der Waals surface area contributed by atoms with Crippen LogP contribution in [0.3, 0.4) is 0 Å². The topological polar surface area (TPSA) is 562 Å². The van der Waals surface area contributed by atoms with Gasteiger partial charge in [-0.05, 0) is 103 Å². The number of nitrogens with two attached hydrogens (primary N) is 2. The number of methoxy groups -OCH3 is 1. The molecular formula is C67H97N15O21S. The lowest BCUT2D eigenvalue weighted by Gasteiger charge is -2.30. The first-order chi connectivity index (χ1) is 49.3. The van der Waals surface area contributed by atoms with Gasteiger partial charge >= 0.3 is 17.9 Å². The molecule has 0 spiro atoms. The fourth-order valence-corrected chi connectivity index (χ4v) is 11.9. The number of likely N-dealkylation sites (tertiary alicyclic amines) is 2. The number of aromatic nitrogens is 2. The van der Waals surface area contributed by atoms with Crippen molar-refractivity contribution >= 4 is 101 Å². The number of carbonyl (C=O) groups excluding carboxylic acids is 13. The van der Waals surface area contributed by atoms with Crippen LogP contribution in [0.5, 0.6) is 5.75 Å². The van der Waals surface area contributed by atoms with Crippen molar-refractivity contribution in [3.63, 3.8) is 0 Å². The Balaban J connectivity index is 1.32. The van der Waals surface area contributed by atoms with Crippen molar-refractivity contribution in [2.24, 2.45) is 11.5 Å². The van der Waals surface area contributed by atoms with Gasteiger partial charge < -0.3 is 104 Å². The van der Waals surface area contributed by atoms with Gasteiger partial charge in [0, 0.05) is 55.7 Å². The number of aromatic hydroxyl groups is 1. The molecule has 104 heavy (non-hydrogen) atoms. The van der Waals surface area contributed by atoms with Gasteiger partial charge in [-0.25, -0.2) is 9.78 Å². The van der Waals surface area contributed by atoms with Crippen molar-refractivity contribution in [2.75, 3.05) is 58.0 Å². The van der Waals surface area contributed by atoms with Crippen molar-refractivity contribution in [1.29, 1.82) is 0 Å².